The zero-order valence-electron chi connectivity index (χ0n) is 13.3. The highest BCUT2D eigenvalue weighted by Crippen LogP contribution is 2.29. The number of likely N-dealkylation sites (tertiary alicyclic amines) is 1. The fourth-order valence-electron chi connectivity index (χ4n) is 2.84. The van der Waals surface area contributed by atoms with Crippen LogP contribution in [0.25, 0.3) is 11.4 Å². The van der Waals surface area contributed by atoms with Crippen molar-refractivity contribution in [3.05, 3.63) is 53.7 Å². The summed E-state index contributed by atoms with van der Waals surface area (Å²) in [4.78, 5) is 18.7. The molecule has 1 aliphatic heterocycles. The molecule has 1 aromatic carbocycles. The summed E-state index contributed by atoms with van der Waals surface area (Å²) >= 11 is 0. The number of aromatic nitrogens is 4. The van der Waals surface area contributed by atoms with Crippen molar-refractivity contribution in [2.24, 2.45) is 0 Å². The Kier molecular flexibility index (Phi) is 3.60. The van der Waals surface area contributed by atoms with Crippen LogP contribution in [-0.2, 0) is 6.42 Å². The molecule has 1 N–H and O–H groups in total. The number of benzene rings is 1. The van der Waals surface area contributed by atoms with Crippen molar-refractivity contribution in [2.75, 3.05) is 13.1 Å². The van der Waals surface area contributed by atoms with E-state index in [0.717, 1.165) is 17.7 Å². The van der Waals surface area contributed by atoms with E-state index >= 15 is 0 Å². The highest BCUT2D eigenvalue weighted by Gasteiger charge is 2.36. The zero-order valence-corrected chi connectivity index (χ0v) is 13.3. The first-order chi connectivity index (χ1) is 11.8. The van der Waals surface area contributed by atoms with Crippen molar-refractivity contribution in [3.63, 3.8) is 0 Å². The minimum absolute atomic E-state index is 0.000326. The molecule has 24 heavy (non-hydrogen) atoms. The summed E-state index contributed by atoms with van der Waals surface area (Å²) < 4.78 is 5.37. The Morgan fingerprint density at radius 1 is 1.33 bits per heavy atom. The maximum atomic E-state index is 12.5. The molecule has 0 aliphatic carbocycles. The predicted octanol–water partition coefficient (Wildman–Crippen LogP) is 2.26. The van der Waals surface area contributed by atoms with Crippen molar-refractivity contribution in [1.82, 2.24) is 25.2 Å². The van der Waals surface area contributed by atoms with Crippen molar-refractivity contribution in [1.29, 1.82) is 0 Å². The van der Waals surface area contributed by atoms with Crippen LogP contribution >= 0.6 is 0 Å². The van der Waals surface area contributed by atoms with Gasteiger partial charge in [-0.1, -0.05) is 42.4 Å². The summed E-state index contributed by atoms with van der Waals surface area (Å²) in [6.07, 6.45) is 2.34. The lowest BCUT2D eigenvalue weighted by Gasteiger charge is -2.37. The molecule has 2 aromatic heterocycles. The molecule has 0 bridgehead atoms. The second-order valence-electron chi connectivity index (χ2n) is 5.85. The second kappa shape index (κ2) is 5.92. The number of carbonyl (C=O) groups excluding carboxylic acids is 1. The fourth-order valence-corrected chi connectivity index (χ4v) is 2.84. The number of carbonyl (C=O) groups is 1. The highest BCUT2D eigenvalue weighted by atomic mass is 16.5. The van der Waals surface area contributed by atoms with Crippen LogP contribution in [0, 0.1) is 0 Å². The van der Waals surface area contributed by atoms with E-state index in [-0.39, 0.29) is 11.8 Å². The van der Waals surface area contributed by atoms with E-state index in [9.17, 15) is 4.79 Å². The van der Waals surface area contributed by atoms with Crippen LogP contribution in [-0.4, -0.2) is 44.2 Å². The van der Waals surface area contributed by atoms with Gasteiger partial charge in [0.05, 0.1) is 17.7 Å². The molecular formula is C17H17N5O2. The van der Waals surface area contributed by atoms with E-state index in [1.54, 1.807) is 11.1 Å². The third kappa shape index (κ3) is 2.47. The number of aromatic amines is 1. The molecule has 1 amide bonds. The van der Waals surface area contributed by atoms with Crippen LogP contribution in [0.15, 0.2) is 41.1 Å². The molecule has 122 valence electrons. The average Bonchev–Trinajstić information content (AvgIpc) is 3.23. The van der Waals surface area contributed by atoms with E-state index in [1.807, 2.05) is 37.3 Å². The molecule has 0 radical (unpaired) electrons. The maximum absolute atomic E-state index is 12.5. The molecule has 0 saturated carbocycles. The molecule has 0 atom stereocenters. The van der Waals surface area contributed by atoms with Gasteiger partial charge in [0.2, 0.25) is 11.7 Å². The number of amides is 1. The molecule has 0 unspecified atom stereocenters. The minimum Gasteiger partial charge on any atom is -0.339 e. The first-order valence-electron chi connectivity index (χ1n) is 7.96. The summed E-state index contributed by atoms with van der Waals surface area (Å²) in [5.74, 6) is 1.26. The summed E-state index contributed by atoms with van der Waals surface area (Å²) in [5, 5.41) is 10.9. The monoisotopic (exact) mass is 323 g/mol. The van der Waals surface area contributed by atoms with E-state index in [2.05, 4.69) is 20.3 Å². The third-order valence-corrected chi connectivity index (χ3v) is 4.29. The van der Waals surface area contributed by atoms with Gasteiger partial charge in [0, 0.05) is 24.3 Å². The summed E-state index contributed by atoms with van der Waals surface area (Å²) in [6, 6.07) is 9.70. The standard InChI is InChI=1S/C17H17N5O2/c1-2-14-13(8-18-20-14)17(23)22-9-12(10-22)16-19-15(21-24-16)11-6-4-3-5-7-11/h3-8,12H,2,9-10H2,1H3,(H,18,20). The maximum Gasteiger partial charge on any atom is 0.257 e. The zero-order chi connectivity index (χ0) is 16.5. The molecule has 3 heterocycles. The molecular weight excluding hydrogens is 306 g/mol. The topological polar surface area (TPSA) is 87.9 Å². The molecule has 1 aliphatic rings. The lowest BCUT2D eigenvalue weighted by Crippen LogP contribution is -2.48. The Bertz CT molecular complexity index is 849. The normalized spacial score (nSPS) is 14.6. The number of nitrogens with zero attached hydrogens (tertiary/aromatic N) is 4. The quantitative estimate of drug-likeness (QED) is 0.795. The molecule has 3 aromatic rings. The minimum atomic E-state index is -0.000326. The third-order valence-electron chi connectivity index (χ3n) is 4.29. The number of rotatable bonds is 4. The Balaban J connectivity index is 1.43. The molecule has 7 nitrogen and oxygen atoms in total. The molecule has 1 saturated heterocycles. The van der Waals surface area contributed by atoms with E-state index in [4.69, 9.17) is 4.52 Å². The van der Waals surface area contributed by atoms with Gasteiger partial charge in [0.15, 0.2) is 0 Å². The largest absolute Gasteiger partial charge is 0.339 e. The molecule has 0 spiro atoms. The molecule has 1 fully saturated rings. The molecule has 4 rings (SSSR count). The molecule has 7 heteroatoms. The van der Waals surface area contributed by atoms with Gasteiger partial charge in [-0.15, -0.1) is 0 Å². The lowest BCUT2D eigenvalue weighted by molar-refractivity contribution is 0.0568. The van der Waals surface area contributed by atoms with Crippen LogP contribution in [0.1, 0.15) is 34.8 Å². The van der Waals surface area contributed by atoms with Crippen molar-refractivity contribution < 1.29 is 9.32 Å². The predicted molar refractivity (Wildman–Crippen MR) is 86.3 cm³/mol. The van der Waals surface area contributed by atoms with E-state index < -0.39 is 0 Å². The van der Waals surface area contributed by atoms with Crippen molar-refractivity contribution in [3.8, 4) is 11.4 Å². The van der Waals surface area contributed by atoms with E-state index in [0.29, 0.717) is 30.4 Å². The number of hydrogen-bond acceptors (Lipinski definition) is 5. The number of aryl methyl sites for hydroxylation is 1. The fraction of sp³-hybridized carbons (Fsp3) is 0.294. The first kappa shape index (κ1) is 14.6. The van der Waals surface area contributed by atoms with Gasteiger partial charge in [0.1, 0.15) is 0 Å². The average molecular weight is 323 g/mol. The number of hydrogen-bond donors (Lipinski definition) is 1. The van der Waals surface area contributed by atoms with E-state index in [1.165, 1.54) is 0 Å². The highest BCUT2D eigenvalue weighted by molar-refractivity contribution is 5.95. The number of nitrogens with one attached hydrogen (secondary N) is 1. The van der Waals surface area contributed by atoms with Crippen LogP contribution in [0.2, 0.25) is 0 Å². The Hall–Kier alpha value is -2.96. The first-order valence-corrected chi connectivity index (χ1v) is 7.96. The SMILES string of the molecule is CCc1[nH]ncc1C(=O)N1CC(c2nc(-c3ccccc3)no2)C1. The van der Waals surface area contributed by atoms with Crippen LogP contribution < -0.4 is 0 Å². The van der Waals surface area contributed by atoms with Gasteiger partial charge in [0.25, 0.3) is 5.91 Å². The van der Waals surface area contributed by atoms with Crippen LogP contribution in [0.4, 0.5) is 0 Å². The van der Waals surface area contributed by atoms with Gasteiger partial charge < -0.3 is 9.42 Å². The smallest absolute Gasteiger partial charge is 0.257 e. The second-order valence-corrected chi connectivity index (χ2v) is 5.85. The Morgan fingerprint density at radius 2 is 2.12 bits per heavy atom. The Labute approximate surface area is 138 Å². The van der Waals surface area contributed by atoms with Crippen molar-refractivity contribution in [2.45, 2.75) is 19.3 Å². The lowest BCUT2D eigenvalue weighted by atomic mass is 9.98. The summed E-state index contributed by atoms with van der Waals surface area (Å²) in [7, 11) is 0. The summed E-state index contributed by atoms with van der Waals surface area (Å²) in [6.45, 7) is 3.17. The van der Waals surface area contributed by atoms with Gasteiger partial charge in [-0.05, 0) is 6.42 Å². The number of H-pyrrole nitrogens is 1. The van der Waals surface area contributed by atoms with Crippen molar-refractivity contribution >= 4 is 5.91 Å². The van der Waals surface area contributed by atoms with Gasteiger partial charge in [-0.3, -0.25) is 9.89 Å². The van der Waals surface area contributed by atoms with Gasteiger partial charge in [-0.25, -0.2) is 0 Å². The summed E-state index contributed by atoms with van der Waals surface area (Å²) in [5.41, 5.74) is 2.43. The van der Waals surface area contributed by atoms with Crippen LogP contribution in [0.5, 0.6) is 0 Å². The van der Waals surface area contributed by atoms with Gasteiger partial charge >= 0.3 is 0 Å². The Morgan fingerprint density at radius 3 is 2.88 bits per heavy atom. The van der Waals surface area contributed by atoms with Gasteiger partial charge in [-0.2, -0.15) is 10.1 Å². The van der Waals surface area contributed by atoms with Crippen LogP contribution in [0.3, 0.4) is 0 Å².